The highest BCUT2D eigenvalue weighted by Gasteiger charge is 2.19. The Morgan fingerprint density at radius 2 is 2.17 bits per heavy atom. The predicted octanol–water partition coefficient (Wildman–Crippen LogP) is 0.845. The fourth-order valence-electron chi connectivity index (χ4n) is 1.58. The summed E-state index contributed by atoms with van der Waals surface area (Å²) in [5.74, 6) is -0.528. The van der Waals surface area contributed by atoms with Gasteiger partial charge in [0, 0.05) is 18.7 Å². The molecule has 18 heavy (non-hydrogen) atoms. The van der Waals surface area contributed by atoms with Gasteiger partial charge in [0.2, 0.25) is 0 Å². The third-order valence-electron chi connectivity index (χ3n) is 2.43. The topological polar surface area (TPSA) is 66.6 Å². The second-order valence-electron chi connectivity index (χ2n) is 3.77. The van der Waals surface area contributed by atoms with E-state index in [9.17, 15) is 13.6 Å². The Hall–Kier alpha value is -1.53. The number of carbonyl (C=O) groups is 1. The molecule has 0 saturated carbocycles. The van der Waals surface area contributed by atoms with E-state index in [2.05, 4.69) is 0 Å². The second kappa shape index (κ2) is 7.03. The molecule has 0 aliphatic heterocycles. The molecule has 0 saturated heterocycles. The van der Waals surface area contributed by atoms with E-state index in [1.54, 1.807) is 18.2 Å². The van der Waals surface area contributed by atoms with Crippen molar-refractivity contribution in [2.45, 2.75) is 13.0 Å². The summed E-state index contributed by atoms with van der Waals surface area (Å²) >= 11 is 0. The van der Waals surface area contributed by atoms with Crippen LogP contribution in [0.5, 0.6) is 0 Å². The van der Waals surface area contributed by atoms with Gasteiger partial charge in [-0.25, -0.2) is 8.78 Å². The van der Waals surface area contributed by atoms with Crippen LogP contribution >= 0.6 is 0 Å². The molecule has 3 N–H and O–H groups in total. The average molecular weight is 258 g/mol. The zero-order valence-electron chi connectivity index (χ0n) is 9.85. The molecule has 0 unspecified atom stereocenters. The number of carbonyl (C=O) groups excluding carboxylic acids is 1. The number of nitrogens with two attached hydrogens (primary N) is 1. The number of rotatable bonds is 6. The molecular weight excluding hydrogens is 242 g/mol. The largest absolute Gasteiger partial charge is 0.395 e. The summed E-state index contributed by atoms with van der Waals surface area (Å²) in [6.45, 7) is -0.882. The Morgan fingerprint density at radius 1 is 1.44 bits per heavy atom. The molecule has 100 valence electrons. The quantitative estimate of drug-likeness (QED) is 0.794. The number of aliphatic hydroxyl groups excluding tert-OH is 1. The third kappa shape index (κ3) is 4.05. The first-order chi connectivity index (χ1) is 8.58. The van der Waals surface area contributed by atoms with E-state index >= 15 is 0 Å². The average Bonchev–Trinajstić information content (AvgIpc) is 2.37. The Balaban J connectivity index is 2.86. The van der Waals surface area contributed by atoms with Crippen molar-refractivity contribution in [3.8, 4) is 0 Å². The highest BCUT2D eigenvalue weighted by Crippen LogP contribution is 2.10. The smallest absolute Gasteiger partial charge is 0.255 e. The van der Waals surface area contributed by atoms with Crippen LogP contribution in [0.25, 0.3) is 0 Å². The van der Waals surface area contributed by atoms with Crippen molar-refractivity contribution >= 4 is 5.91 Å². The van der Waals surface area contributed by atoms with Gasteiger partial charge >= 0.3 is 0 Å². The van der Waals surface area contributed by atoms with Crippen LogP contribution in [0, 0.1) is 0 Å². The van der Waals surface area contributed by atoms with Gasteiger partial charge in [-0.3, -0.25) is 4.79 Å². The Labute approximate surface area is 104 Å². The van der Waals surface area contributed by atoms with Gasteiger partial charge in [0.05, 0.1) is 13.2 Å². The summed E-state index contributed by atoms with van der Waals surface area (Å²) in [5, 5.41) is 8.79. The SMILES string of the molecule is NCc1cccc(C(=O)N(CCO)CC(F)F)c1. The summed E-state index contributed by atoms with van der Waals surface area (Å²) in [5.41, 5.74) is 6.50. The van der Waals surface area contributed by atoms with Crippen LogP contribution in [0.4, 0.5) is 8.78 Å². The van der Waals surface area contributed by atoms with Gasteiger partial charge < -0.3 is 15.7 Å². The fraction of sp³-hybridized carbons (Fsp3) is 0.417. The van der Waals surface area contributed by atoms with Crippen LogP contribution < -0.4 is 5.73 Å². The summed E-state index contributed by atoms with van der Waals surface area (Å²) in [6.07, 6.45) is -2.63. The van der Waals surface area contributed by atoms with E-state index in [1.165, 1.54) is 6.07 Å². The first-order valence-corrected chi connectivity index (χ1v) is 5.55. The summed E-state index contributed by atoms with van der Waals surface area (Å²) in [4.78, 5) is 12.9. The van der Waals surface area contributed by atoms with Gasteiger partial charge in [-0.2, -0.15) is 0 Å². The zero-order chi connectivity index (χ0) is 13.5. The molecule has 1 rings (SSSR count). The third-order valence-corrected chi connectivity index (χ3v) is 2.43. The summed E-state index contributed by atoms with van der Waals surface area (Å²) < 4.78 is 24.7. The second-order valence-corrected chi connectivity index (χ2v) is 3.77. The fourth-order valence-corrected chi connectivity index (χ4v) is 1.58. The first kappa shape index (κ1) is 14.5. The molecule has 0 bridgehead atoms. The van der Waals surface area contributed by atoms with Gasteiger partial charge in [-0.1, -0.05) is 12.1 Å². The summed E-state index contributed by atoms with van der Waals surface area (Å²) in [7, 11) is 0. The van der Waals surface area contributed by atoms with Crippen molar-refractivity contribution in [3.05, 3.63) is 35.4 Å². The normalized spacial score (nSPS) is 10.7. The van der Waals surface area contributed by atoms with Crippen molar-refractivity contribution in [3.63, 3.8) is 0 Å². The van der Waals surface area contributed by atoms with Crippen molar-refractivity contribution in [2.24, 2.45) is 5.73 Å². The molecular formula is C12H16F2N2O2. The van der Waals surface area contributed by atoms with Gasteiger partial charge in [0.15, 0.2) is 0 Å². The number of amides is 1. The van der Waals surface area contributed by atoms with Crippen LogP contribution in [-0.4, -0.2) is 42.0 Å². The van der Waals surface area contributed by atoms with Crippen molar-refractivity contribution < 1.29 is 18.7 Å². The molecule has 0 aromatic heterocycles. The lowest BCUT2D eigenvalue weighted by molar-refractivity contribution is 0.0509. The van der Waals surface area contributed by atoms with Crippen LogP contribution in [-0.2, 0) is 6.54 Å². The zero-order valence-corrected chi connectivity index (χ0v) is 9.85. The minimum atomic E-state index is -2.63. The van der Waals surface area contributed by atoms with E-state index in [1.807, 2.05) is 0 Å². The maximum Gasteiger partial charge on any atom is 0.255 e. The number of hydrogen-bond donors (Lipinski definition) is 2. The maximum absolute atomic E-state index is 12.3. The standard InChI is InChI=1S/C12H16F2N2O2/c13-11(14)8-16(4-5-17)12(18)10-3-1-2-9(6-10)7-15/h1-3,6,11,17H,4-5,7-8,15H2. The van der Waals surface area contributed by atoms with Gasteiger partial charge in [-0.05, 0) is 17.7 Å². The number of halogens is 2. The Kier molecular flexibility index (Phi) is 5.67. The predicted molar refractivity (Wildman–Crippen MR) is 63.3 cm³/mol. The number of alkyl halides is 2. The van der Waals surface area contributed by atoms with E-state index in [0.717, 1.165) is 10.5 Å². The number of hydrogen-bond acceptors (Lipinski definition) is 3. The van der Waals surface area contributed by atoms with Gasteiger partial charge in [-0.15, -0.1) is 0 Å². The van der Waals surface area contributed by atoms with Crippen molar-refractivity contribution in [2.75, 3.05) is 19.7 Å². The minimum Gasteiger partial charge on any atom is -0.395 e. The molecule has 0 fully saturated rings. The maximum atomic E-state index is 12.3. The lowest BCUT2D eigenvalue weighted by Crippen LogP contribution is -2.37. The molecule has 0 radical (unpaired) electrons. The van der Waals surface area contributed by atoms with E-state index in [-0.39, 0.29) is 19.7 Å². The molecule has 0 spiro atoms. The monoisotopic (exact) mass is 258 g/mol. The first-order valence-electron chi connectivity index (χ1n) is 5.55. The lowest BCUT2D eigenvalue weighted by atomic mass is 10.1. The van der Waals surface area contributed by atoms with E-state index in [4.69, 9.17) is 10.8 Å². The number of aliphatic hydroxyl groups is 1. The van der Waals surface area contributed by atoms with Gasteiger partial charge in [0.25, 0.3) is 12.3 Å². The van der Waals surface area contributed by atoms with Crippen LogP contribution in [0.1, 0.15) is 15.9 Å². The van der Waals surface area contributed by atoms with Gasteiger partial charge in [0.1, 0.15) is 0 Å². The lowest BCUT2D eigenvalue weighted by Gasteiger charge is -2.21. The molecule has 6 heteroatoms. The molecule has 1 aromatic carbocycles. The van der Waals surface area contributed by atoms with E-state index in [0.29, 0.717) is 5.56 Å². The van der Waals surface area contributed by atoms with Crippen LogP contribution in [0.3, 0.4) is 0 Å². The van der Waals surface area contributed by atoms with Crippen LogP contribution in [0.2, 0.25) is 0 Å². The molecule has 1 aromatic rings. The highest BCUT2D eigenvalue weighted by molar-refractivity contribution is 5.94. The molecule has 0 atom stereocenters. The number of nitrogens with zero attached hydrogens (tertiary/aromatic N) is 1. The minimum absolute atomic E-state index is 0.115. The molecule has 1 amide bonds. The Bertz CT molecular complexity index is 399. The molecule has 0 heterocycles. The Morgan fingerprint density at radius 3 is 2.72 bits per heavy atom. The highest BCUT2D eigenvalue weighted by atomic mass is 19.3. The molecule has 0 aliphatic rings. The number of benzene rings is 1. The van der Waals surface area contributed by atoms with Crippen molar-refractivity contribution in [1.82, 2.24) is 4.90 Å². The van der Waals surface area contributed by atoms with Crippen molar-refractivity contribution in [1.29, 1.82) is 0 Å². The summed E-state index contributed by atoms with van der Waals surface area (Å²) in [6, 6.07) is 6.50. The molecule has 0 aliphatic carbocycles. The van der Waals surface area contributed by atoms with E-state index < -0.39 is 18.9 Å². The molecule has 4 nitrogen and oxygen atoms in total. The van der Waals surface area contributed by atoms with Crippen LogP contribution in [0.15, 0.2) is 24.3 Å².